The third-order valence-corrected chi connectivity index (χ3v) is 2.82. The Morgan fingerprint density at radius 2 is 2.15 bits per heavy atom. The van der Waals surface area contributed by atoms with E-state index in [-0.39, 0.29) is 18.7 Å². The van der Waals surface area contributed by atoms with Gasteiger partial charge in [-0.3, -0.25) is 4.79 Å². The van der Waals surface area contributed by atoms with Crippen LogP contribution in [0.25, 0.3) is 0 Å². The van der Waals surface area contributed by atoms with Crippen LogP contribution in [0, 0.1) is 11.6 Å². The summed E-state index contributed by atoms with van der Waals surface area (Å²) in [6, 6.07) is 1.95. The lowest BCUT2D eigenvalue weighted by atomic mass is 10.0. The Morgan fingerprint density at radius 1 is 1.50 bits per heavy atom. The Balaban J connectivity index is 2.75. The predicted molar refractivity (Wildman–Crippen MR) is 70.2 cm³/mol. The van der Waals surface area contributed by atoms with Crippen molar-refractivity contribution in [1.29, 1.82) is 0 Å². The first-order chi connectivity index (χ1) is 9.28. The molecular weight excluding hydrogens is 270 g/mol. The van der Waals surface area contributed by atoms with Gasteiger partial charge in [-0.2, -0.15) is 0 Å². The number of carbonyl (C=O) groups is 1. The second-order valence-corrected chi connectivity index (χ2v) is 4.75. The second kappa shape index (κ2) is 6.62. The van der Waals surface area contributed by atoms with E-state index in [0.717, 1.165) is 12.1 Å². The minimum absolute atomic E-state index is 0.164. The number of methoxy groups -OCH3 is 1. The number of hydrogen-bond donors (Lipinski definition) is 3. The van der Waals surface area contributed by atoms with E-state index in [1.54, 1.807) is 0 Å². The van der Waals surface area contributed by atoms with Gasteiger partial charge in [0.25, 0.3) is 5.91 Å². The van der Waals surface area contributed by atoms with E-state index in [9.17, 15) is 18.7 Å². The maximum atomic E-state index is 13.6. The lowest BCUT2D eigenvalue weighted by Crippen LogP contribution is -2.41. The molecule has 0 aliphatic heterocycles. The van der Waals surface area contributed by atoms with Crippen LogP contribution in [0.4, 0.5) is 14.5 Å². The van der Waals surface area contributed by atoms with Gasteiger partial charge in [0.05, 0.1) is 11.3 Å². The fraction of sp³-hybridized carbons (Fsp3) is 0.462. The molecule has 4 N–H and O–H groups in total. The number of carbonyl (C=O) groups excluding carboxylic acids is 1. The summed E-state index contributed by atoms with van der Waals surface area (Å²) in [5.74, 6) is -3.09. The molecule has 0 aromatic heterocycles. The molecule has 1 aromatic carbocycles. The number of nitrogen functional groups attached to an aromatic ring is 1. The zero-order valence-corrected chi connectivity index (χ0v) is 11.4. The SMILES string of the molecule is COCCC(C)(O)CNC(=O)c1c(F)ccc(N)c1F. The summed E-state index contributed by atoms with van der Waals surface area (Å²) in [5, 5.41) is 12.2. The molecule has 1 aromatic rings. The standard InChI is InChI=1S/C13H18F2N2O3/c1-13(19,5-6-20-2)7-17-12(18)10-8(14)3-4-9(16)11(10)15/h3-4,19H,5-7,16H2,1-2H3,(H,17,18). The molecule has 0 bridgehead atoms. The second-order valence-electron chi connectivity index (χ2n) is 4.75. The predicted octanol–water partition coefficient (Wildman–Crippen LogP) is 1.06. The molecule has 0 radical (unpaired) electrons. The summed E-state index contributed by atoms with van der Waals surface area (Å²) < 4.78 is 31.9. The third kappa shape index (κ3) is 4.14. The van der Waals surface area contributed by atoms with E-state index >= 15 is 0 Å². The first-order valence-electron chi connectivity index (χ1n) is 6.01. The molecule has 112 valence electrons. The Labute approximate surface area is 115 Å². The Morgan fingerprint density at radius 3 is 2.75 bits per heavy atom. The summed E-state index contributed by atoms with van der Waals surface area (Å²) in [5.41, 5.74) is 2.98. The van der Waals surface area contributed by atoms with Crippen LogP contribution in [-0.2, 0) is 4.74 Å². The van der Waals surface area contributed by atoms with Crippen molar-refractivity contribution in [1.82, 2.24) is 5.32 Å². The zero-order valence-electron chi connectivity index (χ0n) is 11.4. The molecule has 1 unspecified atom stereocenters. The maximum absolute atomic E-state index is 13.6. The summed E-state index contributed by atoms with van der Waals surface area (Å²) in [7, 11) is 1.48. The highest BCUT2D eigenvalue weighted by Crippen LogP contribution is 2.18. The van der Waals surface area contributed by atoms with Gasteiger partial charge in [-0.1, -0.05) is 0 Å². The zero-order chi connectivity index (χ0) is 15.3. The minimum atomic E-state index is -1.24. The van der Waals surface area contributed by atoms with Gasteiger partial charge in [-0.15, -0.1) is 0 Å². The molecule has 0 aliphatic carbocycles. The van der Waals surface area contributed by atoms with Gasteiger partial charge in [0.1, 0.15) is 11.4 Å². The largest absolute Gasteiger partial charge is 0.396 e. The molecule has 1 rings (SSSR count). The summed E-state index contributed by atoms with van der Waals surface area (Å²) in [6.45, 7) is 1.62. The molecule has 0 heterocycles. The van der Waals surface area contributed by atoms with Crippen molar-refractivity contribution in [3.63, 3.8) is 0 Å². The lowest BCUT2D eigenvalue weighted by molar-refractivity contribution is 0.0242. The first-order valence-corrected chi connectivity index (χ1v) is 6.01. The van der Waals surface area contributed by atoms with Crippen molar-refractivity contribution >= 4 is 11.6 Å². The van der Waals surface area contributed by atoms with Gasteiger partial charge in [0, 0.05) is 26.7 Å². The van der Waals surface area contributed by atoms with Crippen LogP contribution in [0.15, 0.2) is 12.1 Å². The quantitative estimate of drug-likeness (QED) is 0.683. The number of nitrogens with two attached hydrogens (primary N) is 1. The number of halogens is 2. The smallest absolute Gasteiger partial charge is 0.257 e. The number of anilines is 1. The highest BCUT2D eigenvalue weighted by atomic mass is 19.1. The summed E-state index contributed by atoms with van der Waals surface area (Å²) >= 11 is 0. The Hall–Kier alpha value is -1.73. The van der Waals surface area contributed by atoms with Crippen LogP contribution < -0.4 is 11.1 Å². The van der Waals surface area contributed by atoms with E-state index in [0.29, 0.717) is 6.61 Å². The number of ether oxygens (including phenoxy) is 1. The normalized spacial score (nSPS) is 13.8. The van der Waals surface area contributed by atoms with E-state index in [4.69, 9.17) is 10.5 Å². The first kappa shape index (κ1) is 16.3. The van der Waals surface area contributed by atoms with Crippen molar-refractivity contribution in [2.75, 3.05) is 26.0 Å². The van der Waals surface area contributed by atoms with Crippen molar-refractivity contribution in [3.8, 4) is 0 Å². The molecule has 0 saturated heterocycles. The number of benzene rings is 1. The number of hydrogen-bond acceptors (Lipinski definition) is 4. The molecule has 5 nitrogen and oxygen atoms in total. The van der Waals surface area contributed by atoms with E-state index in [1.165, 1.54) is 14.0 Å². The number of nitrogens with one attached hydrogen (secondary N) is 1. The maximum Gasteiger partial charge on any atom is 0.257 e. The van der Waals surface area contributed by atoms with E-state index in [1.807, 2.05) is 0 Å². The molecule has 0 aliphatic rings. The molecule has 1 amide bonds. The molecule has 0 fully saturated rings. The molecule has 0 spiro atoms. The molecular formula is C13H18F2N2O3. The van der Waals surface area contributed by atoms with Crippen LogP contribution in [-0.4, -0.2) is 36.9 Å². The third-order valence-electron chi connectivity index (χ3n) is 2.82. The molecule has 20 heavy (non-hydrogen) atoms. The van der Waals surface area contributed by atoms with Crippen LogP contribution in [0.2, 0.25) is 0 Å². The highest BCUT2D eigenvalue weighted by molar-refractivity contribution is 5.95. The monoisotopic (exact) mass is 288 g/mol. The lowest BCUT2D eigenvalue weighted by Gasteiger charge is -2.23. The van der Waals surface area contributed by atoms with Crippen LogP contribution >= 0.6 is 0 Å². The van der Waals surface area contributed by atoms with Crippen LogP contribution in [0.5, 0.6) is 0 Å². The van der Waals surface area contributed by atoms with Gasteiger partial charge in [-0.25, -0.2) is 8.78 Å². The van der Waals surface area contributed by atoms with Gasteiger partial charge >= 0.3 is 0 Å². The van der Waals surface area contributed by atoms with E-state index in [2.05, 4.69) is 5.32 Å². The van der Waals surface area contributed by atoms with Crippen molar-refractivity contribution in [2.24, 2.45) is 0 Å². The average Bonchev–Trinajstić information content (AvgIpc) is 2.39. The van der Waals surface area contributed by atoms with E-state index < -0.39 is 28.7 Å². The van der Waals surface area contributed by atoms with Gasteiger partial charge < -0.3 is 20.9 Å². The van der Waals surface area contributed by atoms with Crippen molar-refractivity contribution < 1.29 is 23.4 Å². The summed E-state index contributed by atoms with van der Waals surface area (Å²) in [4.78, 5) is 11.8. The number of amides is 1. The van der Waals surface area contributed by atoms with Gasteiger partial charge in [0.2, 0.25) is 0 Å². The van der Waals surface area contributed by atoms with Gasteiger partial charge in [-0.05, 0) is 19.1 Å². The Bertz CT molecular complexity index is 493. The van der Waals surface area contributed by atoms with Crippen LogP contribution in [0.3, 0.4) is 0 Å². The number of aliphatic hydroxyl groups is 1. The van der Waals surface area contributed by atoms with Gasteiger partial charge in [0.15, 0.2) is 5.82 Å². The fourth-order valence-electron chi connectivity index (χ4n) is 1.55. The number of rotatable bonds is 6. The average molecular weight is 288 g/mol. The van der Waals surface area contributed by atoms with Crippen LogP contribution in [0.1, 0.15) is 23.7 Å². The molecule has 7 heteroatoms. The van der Waals surface area contributed by atoms with Crippen molar-refractivity contribution in [2.45, 2.75) is 18.9 Å². The highest BCUT2D eigenvalue weighted by Gasteiger charge is 2.24. The topological polar surface area (TPSA) is 84.6 Å². The Kier molecular flexibility index (Phi) is 5.41. The summed E-state index contributed by atoms with van der Waals surface area (Å²) in [6.07, 6.45) is 0.270. The fourth-order valence-corrected chi connectivity index (χ4v) is 1.55. The van der Waals surface area contributed by atoms with Crippen molar-refractivity contribution in [3.05, 3.63) is 29.3 Å². The molecule has 0 saturated carbocycles. The minimum Gasteiger partial charge on any atom is -0.396 e. The molecule has 1 atom stereocenters.